The second-order valence-corrected chi connectivity index (χ2v) is 16.3. The molecule has 0 heterocycles. The van der Waals surface area contributed by atoms with Gasteiger partial charge < -0.3 is 29.6 Å². The number of ether oxygens (including phenoxy) is 4. The molecule has 8 heteroatoms. The summed E-state index contributed by atoms with van der Waals surface area (Å²) in [5.41, 5.74) is 9.58. The van der Waals surface area contributed by atoms with Crippen molar-refractivity contribution in [2.45, 2.75) is 58.0 Å². The van der Waals surface area contributed by atoms with E-state index in [-0.39, 0.29) is 0 Å². The third-order valence-corrected chi connectivity index (χ3v) is 11.6. The van der Waals surface area contributed by atoms with Gasteiger partial charge in [-0.3, -0.25) is 0 Å². The van der Waals surface area contributed by atoms with E-state index >= 15 is 0 Å². The Kier molecular flexibility index (Phi) is 20.2. The van der Waals surface area contributed by atoms with Crippen molar-refractivity contribution in [1.29, 1.82) is 0 Å². The summed E-state index contributed by atoms with van der Waals surface area (Å²) in [7, 11) is 6.75. The molecule has 6 rings (SSSR count). The molecule has 0 amide bonds. The zero-order valence-corrected chi connectivity index (χ0v) is 39.0. The van der Waals surface area contributed by atoms with Crippen LogP contribution >= 0.6 is 23.2 Å². The molecule has 2 unspecified atom stereocenters. The van der Waals surface area contributed by atoms with Gasteiger partial charge in [-0.05, 0) is 152 Å². The van der Waals surface area contributed by atoms with Crippen molar-refractivity contribution in [2.24, 2.45) is 0 Å². The fourth-order valence-electron chi connectivity index (χ4n) is 7.23. The molecular formula is C55H62Cl2N2O4. The first-order valence-electron chi connectivity index (χ1n) is 21.6. The molecule has 0 aliphatic rings. The van der Waals surface area contributed by atoms with E-state index in [0.717, 1.165) is 83.8 Å². The Labute approximate surface area is 385 Å². The molecule has 0 bridgehead atoms. The molecule has 0 spiro atoms. The average Bonchev–Trinajstić information content (AvgIpc) is 3.31. The van der Waals surface area contributed by atoms with Crippen LogP contribution in [0.5, 0.6) is 23.0 Å². The van der Waals surface area contributed by atoms with Gasteiger partial charge in [0.1, 0.15) is 11.5 Å². The monoisotopic (exact) mass is 884 g/mol. The van der Waals surface area contributed by atoms with Gasteiger partial charge >= 0.3 is 0 Å². The minimum atomic E-state index is 0.294. The maximum Gasteiger partial charge on any atom is 0.160 e. The molecule has 330 valence electrons. The number of hydrogen-bond donors (Lipinski definition) is 2. The van der Waals surface area contributed by atoms with E-state index in [2.05, 4.69) is 116 Å². The van der Waals surface area contributed by atoms with Crippen LogP contribution in [0.4, 0.5) is 0 Å². The van der Waals surface area contributed by atoms with Gasteiger partial charge in [0.2, 0.25) is 0 Å². The summed E-state index contributed by atoms with van der Waals surface area (Å²) >= 11 is 12.6. The molecular weight excluding hydrogens is 824 g/mol. The summed E-state index contributed by atoms with van der Waals surface area (Å²) in [6.45, 7) is 6.16. The van der Waals surface area contributed by atoms with Crippen molar-refractivity contribution in [3.05, 3.63) is 188 Å². The van der Waals surface area contributed by atoms with Crippen molar-refractivity contribution < 1.29 is 18.9 Å². The zero-order valence-electron chi connectivity index (χ0n) is 37.5. The molecule has 2 N–H and O–H groups in total. The van der Waals surface area contributed by atoms with E-state index in [1.165, 1.54) is 38.9 Å². The van der Waals surface area contributed by atoms with Gasteiger partial charge in [0.25, 0.3) is 0 Å². The normalized spacial score (nSPS) is 12.1. The SMILES string of the molecule is COc1ccc(C=Cc2ccccc2)c(CC(C)NCCc2c(Cl)cccc2Cl)c1.COc1ccc(C=Cc2ccccc2)c(CCC(C)NCCc2ccc(OC)c(OC)c2)c1. The molecule has 0 aliphatic heterocycles. The van der Waals surface area contributed by atoms with Gasteiger partial charge in [-0.25, -0.2) is 0 Å². The summed E-state index contributed by atoms with van der Waals surface area (Å²) in [6.07, 6.45) is 13.3. The fourth-order valence-corrected chi connectivity index (χ4v) is 7.81. The Hall–Kier alpha value is -5.50. The number of halogens is 2. The van der Waals surface area contributed by atoms with Crippen LogP contribution in [0.3, 0.4) is 0 Å². The van der Waals surface area contributed by atoms with E-state index in [4.69, 9.17) is 42.1 Å². The van der Waals surface area contributed by atoms with Crippen molar-refractivity contribution in [3.8, 4) is 23.0 Å². The maximum absolute atomic E-state index is 6.28. The summed E-state index contributed by atoms with van der Waals surface area (Å²) in [5, 5.41) is 8.68. The fraction of sp³-hybridized carbons (Fsp3) is 0.273. The van der Waals surface area contributed by atoms with E-state index in [1.54, 1.807) is 28.4 Å². The Balaban J connectivity index is 0.000000239. The van der Waals surface area contributed by atoms with Crippen LogP contribution in [0.2, 0.25) is 10.0 Å². The number of rotatable bonds is 21. The number of methoxy groups -OCH3 is 4. The second-order valence-electron chi connectivity index (χ2n) is 15.5. The number of nitrogens with one attached hydrogen (secondary N) is 2. The van der Waals surface area contributed by atoms with Crippen LogP contribution in [0, 0.1) is 0 Å². The largest absolute Gasteiger partial charge is 0.497 e. The lowest BCUT2D eigenvalue weighted by atomic mass is 9.99. The minimum absolute atomic E-state index is 0.294. The molecule has 0 saturated carbocycles. The molecule has 0 fully saturated rings. The standard InChI is InChI=1S/C29H35NO3.C26H27Cl2NO/c1-22(30-19-18-24-12-17-28(32-3)29(20-24)33-4)10-13-26-21-27(31-2)16-15-25(26)14-11-23-8-6-5-7-9-23;1-19(29-16-15-24-25(27)9-6-10-26(24)28)17-22-18-23(30-2)14-13-21(22)12-11-20-7-4-3-5-8-20/h5-9,11-12,14-17,20-22,30H,10,13,18-19H2,1-4H3;3-14,18-19,29H,15-17H2,1-2H3. The Bertz CT molecular complexity index is 2330. The molecule has 6 aromatic carbocycles. The Morgan fingerprint density at radius 2 is 1.03 bits per heavy atom. The highest BCUT2D eigenvalue weighted by molar-refractivity contribution is 6.36. The first-order chi connectivity index (χ1) is 30.7. The highest BCUT2D eigenvalue weighted by atomic mass is 35.5. The van der Waals surface area contributed by atoms with Crippen LogP contribution in [0.1, 0.15) is 64.8 Å². The average molecular weight is 886 g/mol. The highest BCUT2D eigenvalue weighted by Gasteiger charge is 2.11. The van der Waals surface area contributed by atoms with Gasteiger partial charge in [0.15, 0.2) is 11.5 Å². The van der Waals surface area contributed by atoms with Crippen molar-refractivity contribution in [3.63, 3.8) is 0 Å². The number of hydrogen-bond acceptors (Lipinski definition) is 6. The lowest BCUT2D eigenvalue weighted by molar-refractivity contribution is 0.354. The van der Waals surface area contributed by atoms with Crippen LogP contribution in [-0.2, 0) is 25.7 Å². The van der Waals surface area contributed by atoms with Gasteiger partial charge in [-0.15, -0.1) is 0 Å². The van der Waals surface area contributed by atoms with Crippen LogP contribution in [-0.4, -0.2) is 53.6 Å². The second kappa shape index (κ2) is 26.2. The van der Waals surface area contributed by atoms with Crippen molar-refractivity contribution in [2.75, 3.05) is 41.5 Å². The summed E-state index contributed by atoms with van der Waals surface area (Å²) in [5.74, 6) is 3.31. The first-order valence-corrected chi connectivity index (χ1v) is 22.4. The molecule has 6 nitrogen and oxygen atoms in total. The van der Waals surface area contributed by atoms with Gasteiger partial charge in [0.05, 0.1) is 28.4 Å². The van der Waals surface area contributed by atoms with E-state index in [9.17, 15) is 0 Å². The highest BCUT2D eigenvalue weighted by Crippen LogP contribution is 2.28. The number of benzene rings is 6. The van der Waals surface area contributed by atoms with E-state index in [0.29, 0.717) is 12.1 Å². The smallest absolute Gasteiger partial charge is 0.160 e. The molecule has 2 atom stereocenters. The van der Waals surface area contributed by atoms with E-state index in [1.807, 2.05) is 66.7 Å². The molecule has 0 aromatic heterocycles. The zero-order chi connectivity index (χ0) is 44.8. The van der Waals surface area contributed by atoms with Crippen molar-refractivity contribution >= 4 is 47.5 Å². The summed E-state index contributed by atoms with van der Waals surface area (Å²) in [6, 6.07) is 45.7. The van der Waals surface area contributed by atoms with Gasteiger partial charge in [-0.2, -0.15) is 0 Å². The Morgan fingerprint density at radius 3 is 1.60 bits per heavy atom. The predicted molar refractivity (Wildman–Crippen MR) is 267 cm³/mol. The quantitative estimate of drug-likeness (QED) is 0.0702. The lowest BCUT2D eigenvalue weighted by Crippen LogP contribution is -2.30. The third kappa shape index (κ3) is 16.0. The molecule has 63 heavy (non-hydrogen) atoms. The molecule has 6 aromatic rings. The topological polar surface area (TPSA) is 61.0 Å². The molecule has 0 aliphatic carbocycles. The first kappa shape index (κ1) is 48.5. The van der Waals surface area contributed by atoms with Crippen molar-refractivity contribution in [1.82, 2.24) is 10.6 Å². The van der Waals surface area contributed by atoms with Crippen LogP contribution in [0.25, 0.3) is 24.3 Å². The predicted octanol–water partition coefficient (Wildman–Crippen LogP) is 13.0. The Morgan fingerprint density at radius 1 is 0.492 bits per heavy atom. The number of aryl methyl sites for hydroxylation is 1. The van der Waals surface area contributed by atoms with Crippen LogP contribution in [0.15, 0.2) is 133 Å². The van der Waals surface area contributed by atoms with Gasteiger partial charge in [-0.1, -0.05) is 132 Å². The molecule has 0 radical (unpaired) electrons. The maximum atomic E-state index is 6.28. The van der Waals surface area contributed by atoms with Crippen LogP contribution < -0.4 is 29.6 Å². The summed E-state index contributed by atoms with van der Waals surface area (Å²) in [4.78, 5) is 0. The lowest BCUT2D eigenvalue weighted by Gasteiger charge is -2.17. The molecule has 0 saturated heterocycles. The van der Waals surface area contributed by atoms with Gasteiger partial charge in [0, 0.05) is 22.1 Å². The van der Waals surface area contributed by atoms with E-state index < -0.39 is 0 Å². The third-order valence-electron chi connectivity index (χ3n) is 10.9. The minimum Gasteiger partial charge on any atom is -0.497 e. The summed E-state index contributed by atoms with van der Waals surface area (Å²) < 4.78 is 21.6.